The zero-order chi connectivity index (χ0) is 22.2. The van der Waals surface area contributed by atoms with E-state index in [2.05, 4.69) is 102 Å². The first-order chi connectivity index (χ1) is 15.8. The van der Waals surface area contributed by atoms with Gasteiger partial charge in [0.05, 0.1) is 11.2 Å². The van der Waals surface area contributed by atoms with Crippen molar-refractivity contribution in [2.75, 3.05) is 31.5 Å². The number of anilines is 1. The maximum atomic E-state index is 4.87. The number of fused-ring (bicyclic) bond motifs is 2. The van der Waals surface area contributed by atoms with Crippen molar-refractivity contribution in [2.45, 2.75) is 33.1 Å². The molecule has 4 heteroatoms. The van der Waals surface area contributed by atoms with Crippen molar-refractivity contribution in [3.05, 3.63) is 72.1 Å². The van der Waals surface area contributed by atoms with Gasteiger partial charge in [0, 0.05) is 34.7 Å². The third kappa shape index (κ3) is 5.38. The van der Waals surface area contributed by atoms with Crippen molar-refractivity contribution >= 4 is 39.6 Å². The highest BCUT2D eigenvalue weighted by atomic mass is 15.1. The molecule has 4 nitrogen and oxygen atoms in total. The highest BCUT2D eigenvalue weighted by Crippen LogP contribution is 2.25. The van der Waals surface area contributed by atoms with Crippen LogP contribution in [-0.2, 0) is 0 Å². The van der Waals surface area contributed by atoms with Crippen LogP contribution in [0.3, 0.4) is 0 Å². The fraction of sp³-hybridized carbons (Fsp3) is 0.321. The minimum Gasteiger partial charge on any atom is -0.384 e. The van der Waals surface area contributed by atoms with E-state index in [-0.39, 0.29) is 0 Å². The lowest BCUT2D eigenvalue weighted by molar-refractivity contribution is 0.296. The summed E-state index contributed by atoms with van der Waals surface area (Å²) in [6.07, 6.45) is 10.0. The van der Waals surface area contributed by atoms with Crippen LogP contribution in [0.15, 0.2) is 60.8 Å². The normalized spacial score (nSPS) is 11.8. The highest BCUT2D eigenvalue weighted by Gasteiger charge is 2.05. The van der Waals surface area contributed by atoms with Crippen LogP contribution in [0.2, 0.25) is 0 Å². The van der Waals surface area contributed by atoms with Crippen LogP contribution in [0.1, 0.15) is 44.4 Å². The zero-order valence-corrected chi connectivity index (χ0v) is 19.3. The molecule has 0 amide bonds. The number of unbranched alkanes of at least 4 members (excludes halogenated alkanes) is 2. The standard InChI is InChI=1S/C28H34N4/c1-3-32(4-2)19-11-5-10-18-29-28-20-23(31-27-15-9-7-13-25(27)28)17-16-22-21-30-26-14-8-6-12-24(22)26/h6-9,12-17,20-21,30H,3-5,10-11,18-19H2,1-2H3,(H,29,31)/b17-16+. The maximum Gasteiger partial charge on any atom is 0.0730 e. The number of hydrogen-bond donors (Lipinski definition) is 2. The summed E-state index contributed by atoms with van der Waals surface area (Å²) < 4.78 is 0. The van der Waals surface area contributed by atoms with Crippen LogP contribution in [0.25, 0.3) is 34.0 Å². The summed E-state index contributed by atoms with van der Waals surface area (Å²) in [5, 5.41) is 6.08. The van der Waals surface area contributed by atoms with Gasteiger partial charge in [0.25, 0.3) is 0 Å². The van der Waals surface area contributed by atoms with Crippen molar-refractivity contribution in [3.8, 4) is 0 Å². The lowest BCUT2D eigenvalue weighted by Gasteiger charge is -2.17. The molecule has 0 aliphatic rings. The summed E-state index contributed by atoms with van der Waals surface area (Å²) in [6, 6.07) is 18.9. The molecule has 0 aliphatic carbocycles. The fourth-order valence-electron chi connectivity index (χ4n) is 4.23. The largest absolute Gasteiger partial charge is 0.384 e. The zero-order valence-electron chi connectivity index (χ0n) is 19.3. The molecule has 0 bridgehead atoms. The average Bonchev–Trinajstić information content (AvgIpc) is 3.25. The Morgan fingerprint density at radius 1 is 0.906 bits per heavy atom. The SMILES string of the molecule is CCN(CC)CCCCCNc1cc(/C=C/c2c[nH]c3ccccc23)nc2ccccc12. The van der Waals surface area contributed by atoms with Gasteiger partial charge in [0.1, 0.15) is 0 Å². The topological polar surface area (TPSA) is 44.0 Å². The number of hydrogen-bond acceptors (Lipinski definition) is 3. The van der Waals surface area contributed by atoms with E-state index < -0.39 is 0 Å². The number of H-pyrrole nitrogens is 1. The van der Waals surface area contributed by atoms with Crippen molar-refractivity contribution in [3.63, 3.8) is 0 Å². The van der Waals surface area contributed by atoms with E-state index in [1.54, 1.807) is 0 Å². The van der Waals surface area contributed by atoms with Crippen LogP contribution in [-0.4, -0.2) is 41.0 Å². The third-order valence-corrected chi connectivity index (χ3v) is 6.15. The molecule has 0 atom stereocenters. The molecule has 0 radical (unpaired) electrons. The van der Waals surface area contributed by atoms with Crippen molar-refractivity contribution < 1.29 is 0 Å². The summed E-state index contributed by atoms with van der Waals surface area (Å²) in [4.78, 5) is 10.7. The first kappa shape index (κ1) is 22.1. The van der Waals surface area contributed by atoms with Crippen molar-refractivity contribution in [1.29, 1.82) is 0 Å². The minimum atomic E-state index is 0.970. The predicted octanol–water partition coefficient (Wildman–Crippen LogP) is 6.81. The minimum absolute atomic E-state index is 0.970. The van der Waals surface area contributed by atoms with Crippen molar-refractivity contribution in [2.24, 2.45) is 0 Å². The quantitative estimate of drug-likeness (QED) is 0.259. The number of rotatable bonds is 11. The van der Waals surface area contributed by atoms with E-state index in [0.29, 0.717) is 0 Å². The van der Waals surface area contributed by atoms with Gasteiger partial charge in [-0.2, -0.15) is 0 Å². The van der Waals surface area contributed by atoms with E-state index in [1.165, 1.54) is 42.1 Å². The van der Waals surface area contributed by atoms with Crippen LogP contribution < -0.4 is 5.32 Å². The van der Waals surface area contributed by atoms with E-state index in [9.17, 15) is 0 Å². The van der Waals surface area contributed by atoms with Crippen molar-refractivity contribution in [1.82, 2.24) is 14.9 Å². The molecule has 2 heterocycles. The Labute approximate surface area is 191 Å². The van der Waals surface area contributed by atoms with E-state index in [0.717, 1.165) is 42.0 Å². The summed E-state index contributed by atoms with van der Waals surface area (Å²) in [5.74, 6) is 0. The Hall–Kier alpha value is -3.11. The molecule has 2 aromatic heterocycles. The predicted molar refractivity (Wildman–Crippen MR) is 139 cm³/mol. The van der Waals surface area contributed by atoms with Crippen LogP contribution in [0, 0.1) is 0 Å². The van der Waals surface area contributed by atoms with Gasteiger partial charge < -0.3 is 15.2 Å². The first-order valence-electron chi connectivity index (χ1n) is 11.9. The van der Waals surface area contributed by atoms with E-state index in [1.807, 2.05) is 0 Å². The second-order valence-electron chi connectivity index (χ2n) is 8.25. The maximum absolute atomic E-state index is 4.87. The molecule has 2 aromatic carbocycles. The summed E-state index contributed by atoms with van der Waals surface area (Å²) in [6.45, 7) is 8.96. The lowest BCUT2D eigenvalue weighted by Crippen LogP contribution is -2.23. The average molecular weight is 427 g/mol. The Morgan fingerprint density at radius 3 is 2.53 bits per heavy atom. The molecule has 32 heavy (non-hydrogen) atoms. The number of nitrogens with one attached hydrogen (secondary N) is 2. The van der Waals surface area contributed by atoms with Gasteiger partial charge in [-0.15, -0.1) is 0 Å². The Kier molecular flexibility index (Phi) is 7.57. The van der Waals surface area contributed by atoms with Gasteiger partial charge in [-0.3, -0.25) is 0 Å². The molecule has 166 valence electrons. The fourth-order valence-corrected chi connectivity index (χ4v) is 4.23. The Balaban J connectivity index is 1.44. The van der Waals surface area contributed by atoms with Gasteiger partial charge in [0.15, 0.2) is 0 Å². The second kappa shape index (κ2) is 11.0. The first-order valence-corrected chi connectivity index (χ1v) is 11.9. The summed E-state index contributed by atoms with van der Waals surface area (Å²) >= 11 is 0. The number of aromatic nitrogens is 2. The highest BCUT2D eigenvalue weighted by molar-refractivity contribution is 5.94. The van der Waals surface area contributed by atoms with Gasteiger partial charge >= 0.3 is 0 Å². The molecule has 2 N–H and O–H groups in total. The number of nitrogens with zero attached hydrogens (tertiary/aromatic N) is 2. The van der Waals surface area contributed by atoms with Gasteiger partial charge in [-0.25, -0.2) is 4.98 Å². The Morgan fingerprint density at radius 2 is 1.69 bits per heavy atom. The van der Waals surface area contributed by atoms with Crippen LogP contribution >= 0.6 is 0 Å². The number of para-hydroxylation sites is 2. The molecule has 0 unspecified atom stereocenters. The van der Waals surface area contributed by atoms with Gasteiger partial charge in [0.2, 0.25) is 0 Å². The number of benzene rings is 2. The molecule has 0 saturated heterocycles. The second-order valence-corrected chi connectivity index (χ2v) is 8.25. The molecule has 4 rings (SSSR count). The number of aromatic amines is 1. The smallest absolute Gasteiger partial charge is 0.0730 e. The molecule has 0 spiro atoms. The molecular formula is C28H34N4. The molecule has 4 aromatic rings. The summed E-state index contributed by atoms with van der Waals surface area (Å²) in [5.41, 5.74) is 5.49. The van der Waals surface area contributed by atoms with Crippen LogP contribution in [0.5, 0.6) is 0 Å². The number of pyridine rings is 1. The monoisotopic (exact) mass is 426 g/mol. The third-order valence-electron chi connectivity index (χ3n) is 6.15. The molecule has 0 saturated carbocycles. The van der Waals surface area contributed by atoms with E-state index in [4.69, 9.17) is 4.98 Å². The summed E-state index contributed by atoms with van der Waals surface area (Å²) in [7, 11) is 0. The lowest BCUT2D eigenvalue weighted by atomic mass is 10.1. The molecular weight excluding hydrogens is 392 g/mol. The van der Waals surface area contributed by atoms with Crippen LogP contribution in [0.4, 0.5) is 5.69 Å². The molecule has 0 aliphatic heterocycles. The van der Waals surface area contributed by atoms with Gasteiger partial charge in [-0.05, 0) is 62.3 Å². The van der Waals surface area contributed by atoms with E-state index >= 15 is 0 Å². The van der Waals surface area contributed by atoms with Gasteiger partial charge in [-0.1, -0.05) is 62.7 Å². The Bertz CT molecular complexity index is 1170. The molecule has 0 fully saturated rings.